The summed E-state index contributed by atoms with van der Waals surface area (Å²) in [5.74, 6) is 6.45. The molecule has 0 aliphatic heterocycles. The van der Waals surface area contributed by atoms with E-state index in [0.29, 0.717) is 18.5 Å². The standard InChI is InChI=1S/C15H15NO3S/c1-16(10-13-5-4-8-19-13)15(18)12-9-14(20-11-12)6-2-3-7-17/h4-5,8-9,11,17H,3,7,10H2,1H3. The minimum absolute atomic E-state index is 0.0516. The first-order chi connectivity index (χ1) is 9.70. The van der Waals surface area contributed by atoms with Gasteiger partial charge in [-0.25, -0.2) is 0 Å². The van der Waals surface area contributed by atoms with Crippen molar-refractivity contribution in [2.75, 3.05) is 13.7 Å². The predicted octanol–water partition coefficient (Wildman–Crippen LogP) is 2.35. The molecule has 0 saturated carbocycles. The number of hydrogen-bond acceptors (Lipinski definition) is 4. The molecule has 2 heterocycles. The van der Waals surface area contributed by atoms with E-state index in [4.69, 9.17) is 9.52 Å². The van der Waals surface area contributed by atoms with Gasteiger partial charge in [0.2, 0.25) is 0 Å². The van der Waals surface area contributed by atoms with E-state index >= 15 is 0 Å². The molecule has 0 aliphatic carbocycles. The predicted molar refractivity (Wildman–Crippen MR) is 77.4 cm³/mol. The third kappa shape index (κ3) is 3.73. The molecule has 2 aromatic heterocycles. The summed E-state index contributed by atoms with van der Waals surface area (Å²) < 4.78 is 5.22. The summed E-state index contributed by atoms with van der Waals surface area (Å²) >= 11 is 1.43. The molecule has 0 unspecified atom stereocenters. The van der Waals surface area contributed by atoms with Crippen molar-refractivity contribution in [3.8, 4) is 11.8 Å². The lowest BCUT2D eigenvalue weighted by atomic mass is 10.2. The fourth-order valence-corrected chi connectivity index (χ4v) is 2.40. The van der Waals surface area contributed by atoms with Gasteiger partial charge in [-0.1, -0.05) is 11.8 Å². The zero-order valence-corrected chi connectivity index (χ0v) is 11.9. The van der Waals surface area contributed by atoms with E-state index in [0.717, 1.165) is 10.6 Å². The third-order valence-electron chi connectivity index (χ3n) is 2.61. The van der Waals surface area contributed by atoms with Crippen LogP contribution in [0.3, 0.4) is 0 Å². The molecule has 4 nitrogen and oxygen atoms in total. The lowest BCUT2D eigenvalue weighted by Crippen LogP contribution is -2.25. The molecular formula is C15H15NO3S. The second-order valence-electron chi connectivity index (χ2n) is 4.22. The first-order valence-corrected chi connectivity index (χ1v) is 7.05. The van der Waals surface area contributed by atoms with Gasteiger partial charge in [0.05, 0.1) is 29.9 Å². The molecule has 5 heteroatoms. The van der Waals surface area contributed by atoms with Crippen molar-refractivity contribution in [3.63, 3.8) is 0 Å². The van der Waals surface area contributed by atoms with Crippen LogP contribution in [0.4, 0.5) is 0 Å². The summed E-state index contributed by atoms with van der Waals surface area (Å²) in [6.07, 6.45) is 2.03. The highest BCUT2D eigenvalue weighted by Gasteiger charge is 2.14. The number of aliphatic hydroxyl groups excluding tert-OH is 1. The van der Waals surface area contributed by atoms with Gasteiger partial charge in [-0.15, -0.1) is 11.3 Å². The van der Waals surface area contributed by atoms with Crippen molar-refractivity contribution < 1.29 is 14.3 Å². The van der Waals surface area contributed by atoms with Gasteiger partial charge in [-0.05, 0) is 18.2 Å². The van der Waals surface area contributed by atoms with Gasteiger partial charge in [0, 0.05) is 18.8 Å². The van der Waals surface area contributed by atoms with Crippen molar-refractivity contribution in [2.24, 2.45) is 0 Å². The maximum absolute atomic E-state index is 12.2. The Bertz CT molecular complexity index is 619. The monoisotopic (exact) mass is 289 g/mol. The highest BCUT2D eigenvalue weighted by Crippen LogP contribution is 2.16. The van der Waals surface area contributed by atoms with Crippen LogP contribution in [0.5, 0.6) is 0 Å². The number of furan rings is 1. The van der Waals surface area contributed by atoms with E-state index in [-0.39, 0.29) is 12.5 Å². The number of rotatable bonds is 4. The Morgan fingerprint density at radius 2 is 2.40 bits per heavy atom. The smallest absolute Gasteiger partial charge is 0.254 e. The Balaban J connectivity index is 2.00. The number of carbonyl (C=O) groups excluding carboxylic acids is 1. The maximum atomic E-state index is 12.2. The molecule has 0 fully saturated rings. The summed E-state index contributed by atoms with van der Waals surface area (Å²) in [6.45, 7) is 0.489. The molecule has 0 atom stereocenters. The zero-order chi connectivity index (χ0) is 14.4. The molecular weight excluding hydrogens is 274 g/mol. The second kappa shape index (κ2) is 6.94. The van der Waals surface area contributed by atoms with E-state index in [1.165, 1.54) is 11.3 Å². The lowest BCUT2D eigenvalue weighted by Gasteiger charge is -2.14. The van der Waals surface area contributed by atoms with Crippen molar-refractivity contribution in [2.45, 2.75) is 13.0 Å². The van der Waals surface area contributed by atoms with Gasteiger partial charge >= 0.3 is 0 Å². The Kier molecular flexibility index (Phi) is 4.99. The Labute approximate surface area is 121 Å². The highest BCUT2D eigenvalue weighted by atomic mass is 32.1. The summed E-state index contributed by atoms with van der Waals surface area (Å²) in [5.41, 5.74) is 0.623. The first kappa shape index (κ1) is 14.4. The minimum Gasteiger partial charge on any atom is -0.467 e. The van der Waals surface area contributed by atoms with Crippen LogP contribution in [0.25, 0.3) is 0 Å². The third-order valence-corrected chi connectivity index (χ3v) is 3.46. The van der Waals surface area contributed by atoms with Gasteiger partial charge in [0.1, 0.15) is 5.76 Å². The summed E-state index contributed by atoms with van der Waals surface area (Å²) in [5, 5.41) is 10.5. The van der Waals surface area contributed by atoms with Crippen molar-refractivity contribution in [3.05, 3.63) is 46.0 Å². The largest absolute Gasteiger partial charge is 0.467 e. The second-order valence-corrected chi connectivity index (χ2v) is 5.13. The topological polar surface area (TPSA) is 53.7 Å². The van der Waals surface area contributed by atoms with Crippen molar-refractivity contribution in [1.29, 1.82) is 0 Å². The quantitative estimate of drug-likeness (QED) is 0.879. The minimum atomic E-state index is -0.0622. The molecule has 0 aromatic carbocycles. The molecule has 2 aromatic rings. The molecule has 0 aliphatic rings. The molecule has 104 valence electrons. The van der Waals surface area contributed by atoms with Gasteiger partial charge < -0.3 is 14.4 Å². The summed E-state index contributed by atoms with van der Waals surface area (Å²) in [7, 11) is 1.74. The van der Waals surface area contributed by atoms with Crippen LogP contribution in [0.15, 0.2) is 34.3 Å². The number of thiophene rings is 1. The highest BCUT2D eigenvalue weighted by molar-refractivity contribution is 7.10. The first-order valence-electron chi connectivity index (χ1n) is 6.17. The fourth-order valence-electron chi connectivity index (χ4n) is 1.65. The van der Waals surface area contributed by atoms with Crippen LogP contribution in [0.1, 0.15) is 27.4 Å². The lowest BCUT2D eigenvalue weighted by molar-refractivity contribution is 0.0776. The summed E-state index contributed by atoms with van der Waals surface area (Å²) in [4.78, 5) is 14.6. The van der Waals surface area contributed by atoms with E-state index in [1.807, 2.05) is 6.07 Å². The Morgan fingerprint density at radius 3 is 3.10 bits per heavy atom. The molecule has 0 saturated heterocycles. The zero-order valence-electron chi connectivity index (χ0n) is 11.1. The average molecular weight is 289 g/mol. The number of aliphatic hydroxyl groups is 1. The van der Waals surface area contributed by atoms with Gasteiger partial charge in [-0.3, -0.25) is 4.79 Å². The van der Waals surface area contributed by atoms with Gasteiger partial charge in [-0.2, -0.15) is 0 Å². The van der Waals surface area contributed by atoms with Crippen LogP contribution in [-0.2, 0) is 6.54 Å². The van der Waals surface area contributed by atoms with Gasteiger partial charge in [0.15, 0.2) is 0 Å². The van der Waals surface area contributed by atoms with E-state index in [1.54, 1.807) is 35.7 Å². The molecule has 0 radical (unpaired) electrons. The molecule has 0 bridgehead atoms. The van der Waals surface area contributed by atoms with Gasteiger partial charge in [0.25, 0.3) is 5.91 Å². The van der Waals surface area contributed by atoms with E-state index in [9.17, 15) is 4.79 Å². The number of nitrogens with zero attached hydrogens (tertiary/aromatic N) is 1. The number of carbonyl (C=O) groups is 1. The molecule has 2 rings (SSSR count). The van der Waals surface area contributed by atoms with Crippen LogP contribution < -0.4 is 0 Å². The van der Waals surface area contributed by atoms with Crippen molar-refractivity contribution in [1.82, 2.24) is 4.90 Å². The van der Waals surface area contributed by atoms with Crippen LogP contribution in [0.2, 0.25) is 0 Å². The van der Waals surface area contributed by atoms with E-state index in [2.05, 4.69) is 11.8 Å². The fraction of sp³-hybridized carbons (Fsp3) is 0.267. The SMILES string of the molecule is CN(Cc1ccco1)C(=O)c1csc(C#CCCO)c1. The molecule has 1 amide bonds. The van der Waals surface area contributed by atoms with Crippen LogP contribution >= 0.6 is 11.3 Å². The number of amides is 1. The number of hydrogen-bond donors (Lipinski definition) is 1. The van der Waals surface area contributed by atoms with E-state index < -0.39 is 0 Å². The molecule has 20 heavy (non-hydrogen) atoms. The Morgan fingerprint density at radius 1 is 1.55 bits per heavy atom. The molecule has 0 spiro atoms. The summed E-state index contributed by atoms with van der Waals surface area (Å²) in [6, 6.07) is 5.41. The Hall–Kier alpha value is -2.03. The maximum Gasteiger partial charge on any atom is 0.254 e. The normalized spacial score (nSPS) is 9.90. The van der Waals surface area contributed by atoms with Crippen molar-refractivity contribution >= 4 is 17.2 Å². The average Bonchev–Trinajstić information content (AvgIpc) is 3.09. The van der Waals surface area contributed by atoms with Crippen LogP contribution in [-0.4, -0.2) is 29.6 Å². The van der Waals surface area contributed by atoms with Crippen LogP contribution in [0, 0.1) is 11.8 Å². The molecule has 1 N–H and O–H groups in total.